The number of hydrogen-bond acceptors (Lipinski definition) is 9. The first kappa shape index (κ1) is 25.9. The Morgan fingerprint density at radius 1 is 0.615 bits per heavy atom. The van der Waals surface area contributed by atoms with E-state index in [0.717, 1.165) is 0 Å². The highest BCUT2D eigenvalue weighted by molar-refractivity contribution is 5.62. The van der Waals surface area contributed by atoms with Gasteiger partial charge in [-0.1, -0.05) is 12.1 Å². The van der Waals surface area contributed by atoms with Crippen molar-refractivity contribution in [2.24, 2.45) is 0 Å². The van der Waals surface area contributed by atoms with Gasteiger partial charge in [0.05, 0.1) is 20.3 Å². The first-order valence-corrected chi connectivity index (χ1v) is 12.1. The van der Waals surface area contributed by atoms with Gasteiger partial charge in [0, 0.05) is 35.4 Å². The van der Waals surface area contributed by atoms with Crippen molar-refractivity contribution in [3.63, 3.8) is 0 Å². The zero-order valence-electron chi connectivity index (χ0n) is 21.1. The third-order valence-corrected chi connectivity index (χ3v) is 7.35. The highest BCUT2D eigenvalue weighted by Gasteiger charge is 2.48. The summed E-state index contributed by atoms with van der Waals surface area (Å²) in [5, 5.41) is 74.5. The van der Waals surface area contributed by atoms with E-state index in [4.69, 9.17) is 9.47 Å². The normalized spacial score (nSPS) is 18.9. The second-order valence-corrected chi connectivity index (χ2v) is 9.59. The molecule has 9 nitrogen and oxygen atoms in total. The second kappa shape index (κ2) is 9.85. The summed E-state index contributed by atoms with van der Waals surface area (Å²) in [4.78, 5) is 0. The lowest BCUT2D eigenvalue weighted by molar-refractivity contribution is 0.134. The average molecular weight is 533 g/mol. The summed E-state index contributed by atoms with van der Waals surface area (Å²) in [5.74, 6) is -2.88. The molecule has 0 heterocycles. The summed E-state index contributed by atoms with van der Waals surface area (Å²) in [6.07, 6.45) is -1.25. The van der Waals surface area contributed by atoms with Crippen molar-refractivity contribution in [1.82, 2.24) is 0 Å². The van der Waals surface area contributed by atoms with Crippen LogP contribution in [0.3, 0.4) is 0 Å². The van der Waals surface area contributed by atoms with Crippen LogP contribution < -0.4 is 9.47 Å². The quantitative estimate of drug-likeness (QED) is 0.187. The van der Waals surface area contributed by atoms with Crippen molar-refractivity contribution >= 4 is 0 Å². The molecule has 4 aromatic carbocycles. The zero-order valence-corrected chi connectivity index (χ0v) is 21.1. The third kappa shape index (κ3) is 4.46. The van der Waals surface area contributed by atoms with Gasteiger partial charge in [-0.05, 0) is 64.7 Å². The molecule has 4 atom stereocenters. The highest BCUT2D eigenvalue weighted by atomic mass is 16.5. The van der Waals surface area contributed by atoms with Crippen LogP contribution in [0.15, 0.2) is 66.7 Å². The minimum atomic E-state index is -1.25. The molecule has 5 rings (SSSR count). The summed E-state index contributed by atoms with van der Waals surface area (Å²) in [6.45, 7) is 0. The Hall–Kier alpha value is -4.76. The molecule has 39 heavy (non-hydrogen) atoms. The van der Waals surface area contributed by atoms with Crippen LogP contribution in [0, 0.1) is 0 Å². The van der Waals surface area contributed by atoms with Crippen LogP contribution in [-0.2, 0) is 0 Å². The fraction of sp³-hybridized carbons (Fsp3) is 0.200. The summed E-state index contributed by atoms with van der Waals surface area (Å²) >= 11 is 0. The molecule has 0 saturated heterocycles. The Morgan fingerprint density at radius 3 is 1.85 bits per heavy atom. The van der Waals surface area contributed by atoms with E-state index in [-0.39, 0.29) is 46.0 Å². The molecule has 0 fully saturated rings. The van der Waals surface area contributed by atoms with Crippen LogP contribution in [0.1, 0.15) is 51.7 Å². The number of hydrogen-bond donors (Lipinski definition) is 7. The van der Waals surface area contributed by atoms with E-state index in [9.17, 15) is 35.7 Å². The molecular formula is C30H28O9. The minimum absolute atomic E-state index is 0.0891. The van der Waals surface area contributed by atoms with Crippen LogP contribution >= 0.6 is 0 Å². The van der Waals surface area contributed by atoms with Gasteiger partial charge in [0.25, 0.3) is 0 Å². The van der Waals surface area contributed by atoms with Gasteiger partial charge >= 0.3 is 0 Å². The van der Waals surface area contributed by atoms with Gasteiger partial charge in [0.1, 0.15) is 23.0 Å². The van der Waals surface area contributed by atoms with Crippen molar-refractivity contribution in [2.45, 2.75) is 23.9 Å². The fourth-order valence-corrected chi connectivity index (χ4v) is 5.76. The Morgan fingerprint density at radius 2 is 1.21 bits per heavy atom. The molecule has 4 unspecified atom stereocenters. The van der Waals surface area contributed by atoms with Crippen LogP contribution in [0.4, 0.5) is 0 Å². The van der Waals surface area contributed by atoms with Crippen LogP contribution in [0.2, 0.25) is 0 Å². The van der Waals surface area contributed by atoms with E-state index >= 15 is 0 Å². The third-order valence-electron chi connectivity index (χ3n) is 7.35. The molecule has 0 aromatic heterocycles. The van der Waals surface area contributed by atoms with Crippen molar-refractivity contribution < 1.29 is 45.2 Å². The molecule has 0 amide bonds. The van der Waals surface area contributed by atoms with E-state index in [0.29, 0.717) is 27.8 Å². The number of aromatic hydroxyl groups is 6. The maximum absolute atomic E-state index is 11.8. The number of fused-ring (bicyclic) bond motifs is 1. The van der Waals surface area contributed by atoms with Gasteiger partial charge in [-0.3, -0.25) is 0 Å². The lowest BCUT2D eigenvalue weighted by Gasteiger charge is -2.30. The maximum Gasteiger partial charge on any atom is 0.160 e. The highest BCUT2D eigenvalue weighted by Crippen LogP contribution is 2.62. The average Bonchev–Trinajstić information content (AvgIpc) is 3.23. The van der Waals surface area contributed by atoms with E-state index in [1.807, 2.05) is 0 Å². The monoisotopic (exact) mass is 532 g/mol. The van der Waals surface area contributed by atoms with Gasteiger partial charge in [0.2, 0.25) is 0 Å². The lowest BCUT2D eigenvalue weighted by atomic mass is 9.74. The maximum atomic E-state index is 11.8. The number of aliphatic hydroxyl groups is 1. The van der Waals surface area contributed by atoms with E-state index < -0.39 is 23.9 Å². The first-order valence-electron chi connectivity index (χ1n) is 12.1. The number of phenolic OH excluding ortho intramolecular Hbond substituents is 6. The second-order valence-electron chi connectivity index (χ2n) is 9.59. The molecule has 1 aliphatic carbocycles. The zero-order chi connectivity index (χ0) is 28.0. The molecule has 9 heteroatoms. The molecule has 0 aliphatic heterocycles. The Kier molecular flexibility index (Phi) is 6.53. The summed E-state index contributed by atoms with van der Waals surface area (Å²) in [5.41, 5.74) is 2.31. The molecule has 4 aromatic rings. The topological polar surface area (TPSA) is 160 Å². The van der Waals surface area contributed by atoms with Gasteiger partial charge < -0.3 is 45.2 Å². The number of aliphatic hydroxyl groups excluding tert-OH is 1. The van der Waals surface area contributed by atoms with Gasteiger partial charge in [-0.25, -0.2) is 0 Å². The molecule has 0 bridgehead atoms. The van der Waals surface area contributed by atoms with Crippen molar-refractivity contribution in [3.8, 4) is 46.0 Å². The molecule has 7 N–H and O–H groups in total. The van der Waals surface area contributed by atoms with Crippen molar-refractivity contribution in [1.29, 1.82) is 0 Å². The fourth-order valence-electron chi connectivity index (χ4n) is 5.76. The lowest BCUT2D eigenvalue weighted by Crippen LogP contribution is -2.18. The van der Waals surface area contributed by atoms with Gasteiger partial charge in [-0.15, -0.1) is 0 Å². The number of phenols is 6. The van der Waals surface area contributed by atoms with Crippen LogP contribution in [0.25, 0.3) is 0 Å². The molecule has 202 valence electrons. The Bertz CT molecular complexity index is 1530. The first-order chi connectivity index (χ1) is 18.6. The SMILES string of the molecule is COc1cc(C(O)C2c3cc(O)cc(O)c3C(c3ccc(O)c(OC)c3)C2c2cc(O)cc(O)c2)ccc1O. The van der Waals surface area contributed by atoms with Crippen LogP contribution in [-0.4, -0.2) is 50.0 Å². The van der Waals surface area contributed by atoms with Gasteiger partial charge in [-0.2, -0.15) is 0 Å². The van der Waals surface area contributed by atoms with E-state index in [1.165, 1.54) is 62.8 Å². The van der Waals surface area contributed by atoms with Crippen LogP contribution in [0.5, 0.6) is 46.0 Å². The number of methoxy groups -OCH3 is 2. The van der Waals surface area contributed by atoms with Crippen molar-refractivity contribution in [2.75, 3.05) is 14.2 Å². The van der Waals surface area contributed by atoms with E-state index in [1.54, 1.807) is 18.2 Å². The molecule has 1 aliphatic rings. The molecular weight excluding hydrogens is 504 g/mol. The summed E-state index contributed by atoms with van der Waals surface area (Å²) in [7, 11) is 2.80. The largest absolute Gasteiger partial charge is 0.508 e. The van der Waals surface area contributed by atoms with Crippen molar-refractivity contribution in [3.05, 3.63) is 94.5 Å². The molecule has 0 saturated carbocycles. The Labute approximate surface area is 224 Å². The summed E-state index contributed by atoms with van der Waals surface area (Å²) in [6, 6.07) is 16.0. The smallest absolute Gasteiger partial charge is 0.160 e. The predicted octanol–water partition coefficient (Wildman–Crippen LogP) is 4.68. The number of rotatable bonds is 6. The molecule has 0 radical (unpaired) electrons. The Balaban J connectivity index is 1.80. The predicted molar refractivity (Wildman–Crippen MR) is 141 cm³/mol. The number of ether oxygens (including phenoxy) is 2. The van der Waals surface area contributed by atoms with E-state index in [2.05, 4.69) is 0 Å². The molecule has 0 spiro atoms. The van der Waals surface area contributed by atoms with Gasteiger partial charge in [0.15, 0.2) is 23.0 Å². The standard InChI is InChI=1S/C30H28O9/c1-38-24-9-14(3-5-21(24)34)26-27(16-7-17(31)11-18(32)8-16)29(20-12-19(33)13-23(36)28(20)26)30(37)15-4-6-22(35)25(10-15)39-2/h3-13,26-27,29-37H,1-2H3. The number of benzene rings is 4. The minimum Gasteiger partial charge on any atom is -0.508 e. The summed E-state index contributed by atoms with van der Waals surface area (Å²) < 4.78 is 10.6.